The van der Waals surface area contributed by atoms with Crippen LogP contribution in [0.25, 0.3) is 11.2 Å². The minimum absolute atomic E-state index is 0.0358. The number of pyridine rings is 1. The highest BCUT2D eigenvalue weighted by molar-refractivity contribution is 5.89. The number of rotatable bonds is 5. The van der Waals surface area contributed by atoms with Crippen molar-refractivity contribution in [2.75, 3.05) is 23.3 Å². The molecule has 5 rings (SSSR count). The molecule has 0 spiro atoms. The first-order valence-corrected chi connectivity index (χ1v) is 11.4. The van der Waals surface area contributed by atoms with E-state index in [-0.39, 0.29) is 17.6 Å². The molecule has 1 fully saturated rings. The highest BCUT2D eigenvalue weighted by Crippen LogP contribution is 2.19. The fourth-order valence-corrected chi connectivity index (χ4v) is 4.29. The van der Waals surface area contributed by atoms with Gasteiger partial charge in [-0.15, -0.1) is 0 Å². The van der Waals surface area contributed by atoms with E-state index in [2.05, 4.69) is 20.6 Å². The van der Waals surface area contributed by atoms with Crippen molar-refractivity contribution in [3.63, 3.8) is 0 Å². The maximum absolute atomic E-state index is 13.5. The predicted octanol–water partition coefficient (Wildman–Crippen LogP) is 3.63. The molecule has 1 aliphatic heterocycles. The average Bonchev–Trinajstić information content (AvgIpc) is 2.87. The quantitative estimate of drug-likeness (QED) is 0.481. The molecule has 8 nitrogen and oxygen atoms in total. The number of hydrogen-bond acceptors (Lipinski definition) is 5. The van der Waals surface area contributed by atoms with E-state index in [9.17, 15) is 9.59 Å². The van der Waals surface area contributed by atoms with Gasteiger partial charge in [0.25, 0.3) is 5.56 Å². The van der Waals surface area contributed by atoms with Gasteiger partial charge in [0.1, 0.15) is 5.52 Å². The van der Waals surface area contributed by atoms with Gasteiger partial charge in [0.05, 0.1) is 6.54 Å². The summed E-state index contributed by atoms with van der Waals surface area (Å²) < 4.78 is 1.70. The molecule has 2 aromatic carbocycles. The van der Waals surface area contributed by atoms with Crippen molar-refractivity contribution in [3.8, 4) is 0 Å². The molecule has 0 unspecified atom stereocenters. The molecule has 3 heterocycles. The number of amides is 2. The maximum atomic E-state index is 13.5. The van der Waals surface area contributed by atoms with Crippen molar-refractivity contribution >= 4 is 28.7 Å². The third-order valence-electron chi connectivity index (χ3n) is 6.03. The van der Waals surface area contributed by atoms with Crippen LogP contribution in [0.4, 0.5) is 16.3 Å². The summed E-state index contributed by atoms with van der Waals surface area (Å²) in [6.45, 7) is 1.70. The molecule has 2 N–H and O–H groups in total. The highest BCUT2D eigenvalue weighted by atomic mass is 16.2. The van der Waals surface area contributed by atoms with Gasteiger partial charge in [0.2, 0.25) is 0 Å². The van der Waals surface area contributed by atoms with Gasteiger partial charge in [0, 0.05) is 31.0 Å². The molecule has 4 aromatic rings. The predicted molar refractivity (Wildman–Crippen MR) is 133 cm³/mol. The van der Waals surface area contributed by atoms with Gasteiger partial charge in [-0.2, -0.15) is 0 Å². The number of carbonyl (C=O) groups excluding carboxylic acids is 1. The molecule has 0 saturated carbocycles. The van der Waals surface area contributed by atoms with Crippen molar-refractivity contribution < 1.29 is 4.79 Å². The smallest absolute Gasteiger partial charge is 0.319 e. The van der Waals surface area contributed by atoms with Crippen LogP contribution in [0.1, 0.15) is 18.4 Å². The van der Waals surface area contributed by atoms with Gasteiger partial charge < -0.3 is 15.5 Å². The van der Waals surface area contributed by atoms with E-state index in [1.165, 1.54) is 0 Å². The average molecular weight is 455 g/mol. The van der Waals surface area contributed by atoms with Crippen molar-refractivity contribution in [2.24, 2.45) is 0 Å². The Bertz CT molecular complexity index is 1330. The first-order chi connectivity index (χ1) is 16.7. The number of hydrogen-bond donors (Lipinski definition) is 2. The Balaban J connectivity index is 1.32. The summed E-state index contributed by atoms with van der Waals surface area (Å²) >= 11 is 0. The first kappa shape index (κ1) is 21.6. The fourth-order valence-electron chi connectivity index (χ4n) is 4.29. The number of piperidine rings is 1. The van der Waals surface area contributed by atoms with Crippen molar-refractivity contribution in [3.05, 3.63) is 94.9 Å². The van der Waals surface area contributed by atoms with Crippen molar-refractivity contribution in [1.29, 1.82) is 0 Å². The van der Waals surface area contributed by atoms with Crippen LogP contribution in [0.3, 0.4) is 0 Å². The normalized spacial score (nSPS) is 14.2. The molecule has 8 heteroatoms. The van der Waals surface area contributed by atoms with Gasteiger partial charge in [-0.1, -0.05) is 48.5 Å². The number of nitrogens with zero attached hydrogens (tertiary/aromatic N) is 4. The van der Waals surface area contributed by atoms with Crippen LogP contribution in [0.2, 0.25) is 0 Å². The Morgan fingerprint density at radius 3 is 2.38 bits per heavy atom. The monoisotopic (exact) mass is 454 g/mol. The van der Waals surface area contributed by atoms with Crippen molar-refractivity contribution in [1.82, 2.24) is 19.9 Å². The van der Waals surface area contributed by atoms with E-state index < -0.39 is 0 Å². The summed E-state index contributed by atoms with van der Waals surface area (Å²) in [6.07, 6.45) is 3.14. The number of anilines is 2. The molecule has 1 aliphatic rings. The number of urea groups is 1. The SMILES string of the molecule is O=C(Nc1ccccc1)NC1CCN(c2nc3cccnc3n(Cc3ccccc3)c2=O)CC1. The molecule has 0 atom stereocenters. The topological polar surface area (TPSA) is 92.2 Å². The van der Waals surface area contributed by atoms with Crippen LogP contribution < -0.4 is 21.1 Å². The van der Waals surface area contributed by atoms with Crippen LogP contribution >= 0.6 is 0 Å². The van der Waals surface area contributed by atoms with E-state index in [1.807, 2.05) is 77.7 Å². The minimum Gasteiger partial charge on any atom is -0.352 e. The lowest BCUT2D eigenvalue weighted by atomic mass is 10.1. The molecule has 2 aromatic heterocycles. The number of fused-ring (bicyclic) bond motifs is 1. The van der Waals surface area contributed by atoms with Crippen LogP contribution in [-0.4, -0.2) is 39.7 Å². The molecule has 34 heavy (non-hydrogen) atoms. The Kier molecular flexibility index (Phi) is 6.20. The van der Waals surface area contributed by atoms with E-state index in [1.54, 1.807) is 10.8 Å². The summed E-state index contributed by atoms with van der Waals surface area (Å²) in [5, 5.41) is 5.89. The molecule has 0 radical (unpaired) electrons. The third kappa shape index (κ3) is 4.76. The molecule has 0 bridgehead atoms. The lowest BCUT2D eigenvalue weighted by molar-refractivity contribution is 0.246. The van der Waals surface area contributed by atoms with E-state index >= 15 is 0 Å². The van der Waals surface area contributed by atoms with Gasteiger partial charge in [0.15, 0.2) is 11.5 Å². The zero-order chi connectivity index (χ0) is 23.3. The van der Waals surface area contributed by atoms with E-state index in [0.29, 0.717) is 36.6 Å². The number of benzene rings is 2. The lowest BCUT2D eigenvalue weighted by Gasteiger charge is -2.33. The van der Waals surface area contributed by atoms with Gasteiger partial charge >= 0.3 is 6.03 Å². The number of nitrogens with one attached hydrogen (secondary N) is 2. The van der Waals surface area contributed by atoms with Crippen LogP contribution in [0, 0.1) is 0 Å². The van der Waals surface area contributed by atoms with Gasteiger partial charge in [-0.25, -0.2) is 14.8 Å². The molecular weight excluding hydrogens is 428 g/mol. The molecule has 172 valence electrons. The first-order valence-electron chi connectivity index (χ1n) is 11.4. The fraction of sp³-hybridized carbons (Fsp3) is 0.231. The Morgan fingerprint density at radius 1 is 0.941 bits per heavy atom. The minimum atomic E-state index is -0.218. The molecule has 1 saturated heterocycles. The molecular formula is C26H26N6O2. The Morgan fingerprint density at radius 2 is 1.65 bits per heavy atom. The highest BCUT2D eigenvalue weighted by Gasteiger charge is 2.25. The standard InChI is InChI=1S/C26H26N6O2/c33-25-24(30-22-12-7-15-27-23(22)32(25)18-19-8-3-1-4-9-19)31-16-13-21(14-17-31)29-26(34)28-20-10-5-2-6-11-20/h1-12,15,21H,13-14,16-18H2,(H2,28,29,34). The zero-order valence-electron chi connectivity index (χ0n) is 18.7. The third-order valence-corrected chi connectivity index (χ3v) is 6.03. The van der Waals surface area contributed by atoms with E-state index in [4.69, 9.17) is 0 Å². The van der Waals surface area contributed by atoms with Gasteiger partial charge in [-0.3, -0.25) is 9.36 Å². The molecule has 2 amide bonds. The lowest BCUT2D eigenvalue weighted by Crippen LogP contribution is -2.47. The molecule has 0 aliphatic carbocycles. The van der Waals surface area contributed by atoms with Crippen molar-refractivity contribution in [2.45, 2.75) is 25.4 Å². The zero-order valence-corrected chi connectivity index (χ0v) is 18.7. The van der Waals surface area contributed by atoms with Gasteiger partial charge in [-0.05, 0) is 42.7 Å². The summed E-state index contributed by atoms with van der Waals surface area (Å²) in [5.74, 6) is 0.434. The Labute approximate surface area is 197 Å². The second kappa shape index (κ2) is 9.74. The summed E-state index contributed by atoms with van der Waals surface area (Å²) in [5.41, 5.74) is 2.90. The number of para-hydroxylation sites is 1. The largest absolute Gasteiger partial charge is 0.352 e. The summed E-state index contributed by atoms with van der Waals surface area (Å²) in [6, 6.07) is 22.8. The second-order valence-electron chi connectivity index (χ2n) is 8.38. The van der Waals surface area contributed by atoms with Crippen LogP contribution in [0.5, 0.6) is 0 Å². The van der Waals surface area contributed by atoms with E-state index in [0.717, 1.165) is 24.1 Å². The maximum Gasteiger partial charge on any atom is 0.319 e. The second-order valence-corrected chi connectivity index (χ2v) is 8.38. The van der Waals surface area contributed by atoms with Crippen LogP contribution in [0.15, 0.2) is 83.8 Å². The Hall–Kier alpha value is -4.20. The number of carbonyl (C=O) groups is 1. The number of aromatic nitrogens is 3. The van der Waals surface area contributed by atoms with Crippen LogP contribution in [-0.2, 0) is 6.54 Å². The summed E-state index contributed by atoms with van der Waals surface area (Å²) in [4.78, 5) is 37.0. The summed E-state index contributed by atoms with van der Waals surface area (Å²) in [7, 11) is 0.